The Kier molecular flexibility index (Phi) is 9.50. The summed E-state index contributed by atoms with van der Waals surface area (Å²) < 4.78 is 86.3. The summed E-state index contributed by atoms with van der Waals surface area (Å²) in [5.74, 6) is -1.41. The predicted molar refractivity (Wildman–Crippen MR) is 193 cm³/mol. The van der Waals surface area contributed by atoms with E-state index in [0.29, 0.717) is 11.1 Å². The van der Waals surface area contributed by atoms with Crippen molar-refractivity contribution in [3.8, 4) is 22.3 Å². The van der Waals surface area contributed by atoms with Crippen LogP contribution in [0.25, 0.3) is 34.4 Å². The summed E-state index contributed by atoms with van der Waals surface area (Å²) >= 11 is -3.06. The zero-order valence-corrected chi connectivity index (χ0v) is 34.5. The van der Waals surface area contributed by atoms with Gasteiger partial charge in [0, 0.05) is 0 Å². The molecule has 0 aromatic heterocycles. The number of benzene rings is 4. The molecule has 2 atom stereocenters. The van der Waals surface area contributed by atoms with Gasteiger partial charge in [-0.3, -0.25) is 0 Å². The van der Waals surface area contributed by atoms with E-state index in [2.05, 4.69) is 78.9 Å². The van der Waals surface area contributed by atoms with Crippen LogP contribution in [0.4, 0.5) is 26.3 Å². The predicted octanol–water partition coefficient (Wildman–Crippen LogP) is 13.3. The van der Waals surface area contributed by atoms with Gasteiger partial charge in [0.05, 0.1) is 0 Å². The van der Waals surface area contributed by atoms with Crippen molar-refractivity contribution in [2.24, 2.45) is 10.8 Å². The summed E-state index contributed by atoms with van der Waals surface area (Å²) in [5, 5.41) is 0. The SMILES string of the molecule is C[SiH](C)[Hf]([CH]1C(C(C)(C)C)=Cc2c(-c3ccccc3C(F)(F)F)cccc21)[CH]1C(C(C)(C)C)=Cc2c(-c3ccccc3C(F)(F)F)cccc21. The summed E-state index contributed by atoms with van der Waals surface area (Å²) in [4.78, 5) is 0. The normalized spacial score (nSPS) is 17.8. The maximum atomic E-state index is 14.3. The Morgan fingerprint density at radius 2 is 0.820 bits per heavy atom. The number of halogens is 6. The van der Waals surface area contributed by atoms with E-state index < -0.39 is 50.1 Å². The van der Waals surface area contributed by atoms with Crippen molar-refractivity contribution in [2.75, 3.05) is 0 Å². The summed E-state index contributed by atoms with van der Waals surface area (Å²) in [5.41, 5.74) is 6.32. The van der Waals surface area contributed by atoms with Crippen molar-refractivity contribution < 1.29 is 46.9 Å². The molecular formula is C42H43F6HfSi. The van der Waals surface area contributed by atoms with Gasteiger partial charge in [0.1, 0.15) is 0 Å². The van der Waals surface area contributed by atoms with Crippen molar-refractivity contribution in [1.82, 2.24) is 0 Å². The van der Waals surface area contributed by atoms with Gasteiger partial charge < -0.3 is 0 Å². The molecule has 0 spiro atoms. The molecule has 0 N–H and O–H groups in total. The van der Waals surface area contributed by atoms with Crippen molar-refractivity contribution in [1.29, 1.82) is 0 Å². The molecule has 0 radical (unpaired) electrons. The fraction of sp³-hybridized carbons (Fsp3) is 0.333. The van der Waals surface area contributed by atoms with Crippen LogP contribution in [-0.2, 0) is 33.0 Å². The van der Waals surface area contributed by atoms with Gasteiger partial charge in [0.2, 0.25) is 0 Å². The molecule has 0 heterocycles. The molecule has 2 aliphatic carbocycles. The van der Waals surface area contributed by atoms with E-state index in [1.807, 2.05) is 24.3 Å². The molecule has 2 aliphatic rings. The van der Waals surface area contributed by atoms with Gasteiger partial charge >= 0.3 is 302 Å². The van der Waals surface area contributed by atoms with Gasteiger partial charge in [-0.25, -0.2) is 0 Å². The third-order valence-corrected chi connectivity index (χ3v) is 40.7. The first kappa shape index (κ1) is 36.8. The summed E-state index contributed by atoms with van der Waals surface area (Å²) in [7, 11) is 0. The Morgan fingerprint density at radius 3 is 1.14 bits per heavy atom. The van der Waals surface area contributed by atoms with E-state index in [0.717, 1.165) is 34.4 Å². The second-order valence-electron chi connectivity index (χ2n) is 15.9. The number of fused-ring (bicyclic) bond motifs is 2. The molecule has 4 aromatic rings. The van der Waals surface area contributed by atoms with Gasteiger partial charge in [-0.05, 0) is 0 Å². The van der Waals surface area contributed by atoms with Gasteiger partial charge in [0.25, 0.3) is 0 Å². The van der Waals surface area contributed by atoms with Crippen LogP contribution in [0.15, 0.2) is 96.1 Å². The van der Waals surface area contributed by atoms with Crippen molar-refractivity contribution in [3.63, 3.8) is 0 Å². The fourth-order valence-corrected chi connectivity index (χ4v) is 41.5. The van der Waals surface area contributed by atoms with Crippen molar-refractivity contribution in [2.45, 2.75) is 74.3 Å². The molecule has 0 bridgehead atoms. The molecule has 0 saturated heterocycles. The average Bonchev–Trinajstić information content (AvgIpc) is 3.60. The van der Waals surface area contributed by atoms with Crippen molar-refractivity contribution in [3.05, 3.63) is 129 Å². The van der Waals surface area contributed by atoms with Crippen LogP contribution < -0.4 is 0 Å². The van der Waals surface area contributed by atoms with Crippen LogP contribution in [0.5, 0.6) is 0 Å². The average molecular weight is 868 g/mol. The molecule has 261 valence electrons. The first-order valence-corrected chi connectivity index (χ1v) is 30.4. The monoisotopic (exact) mass is 869 g/mol. The Balaban J connectivity index is 1.60. The van der Waals surface area contributed by atoms with Gasteiger partial charge in [-0.1, -0.05) is 0 Å². The summed E-state index contributed by atoms with van der Waals surface area (Å²) in [6.45, 7) is 18.0. The van der Waals surface area contributed by atoms with Gasteiger partial charge in [-0.15, -0.1) is 0 Å². The molecule has 6 rings (SSSR count). The second-order valence-corrected chi connectivity index (χ2v) is 43.9. The van der Waals surface area contributed by atoms with E-state index in [1.54, 1.807) is 24.3 Å². The third kappa shape index (κ3) is 6.60. The summed E-state index contributed by atoms with van der Waals surface area (Å²) in [6, 6.07) is 23.4. The Morgan fingerprint density at radius 1 is 0.480 bits per heavy atom. The first-order valence-electron chi connectivity index (χ1n) is 17.1. The van der Waals surface area contributed by atoms with E-state index in [1.165, 1.54) is 23.3 Å². The Bertz CT molecular complexity index is 1860. The Labute approximate surface area is 300 Å². The number of allylic oxidation sites excluding steroid dienone is 2. The zero-order valence-electron chi connectivity index (χ0n) is 29.7. The minimum atomic E-state index is -4.50. The van der Waals surface area contributed by atoms with Crippen LogP contribution >= 0.6 is 0 Å². The van der Waals surface area contributed by atoms with E-state index in [9.17, 15) is 26.3 Å². The van der Waals surface area contributed by atoms with Crippen LogP contribution in [-0.4, -0.2) is 5.98 Å². The van der Waals surface area contributed by atoms with Crippen LogP contribution in [0, 0.1) is 10.8 Å². The maximum absolute atomic E-state index is 14.3. The molecule has 2 unspecified atom stereocenters. The molecule has 0 fully saturated rings. The number of hydrogen-bond donors (Lipinski definition) is 0. The van der Waals surface area contributed by atoms with Crippen molar-refractivity contribution >= 4 is 18.1 Å². The Hall–Kier alpha value is -2.97. The first-order chi connectivity index (χ1) is 23.2. The molecule has 8 heteroatoms. The second kappa shape index (κ2) is 12.9. The van der Waals surface area contributed by atoms with Crippen LogP contribution in [0.2, 0.25) is 13.1 Å². The molecule has 0 amide bonds. The molecular weight excluding hydrogens is 825 g/mol. The molecule has 4 aromatic carbocycles. The molecule has 0 aliphatic heterocycles. The van der Waals surface area contributed by atoms with Crippen LogP contribution in [0.1, 0.15) is 82.3 Å². The standard InChI is InChI=1S/2C20H18F3.C2H7Si.Hf/c2*1-19(2,3)14-11-13-7-6-9-15(17(13)12-14)16-8-4-5-10-18(16)20(21,22)23;1-3-2;/h2*4-12H,1-3H3;3H,1-2H3;. The number of rotatable bonds is 5. The molecule has 0 nitrogen and oxygen atoms in total. The minimum absolute atomic E-state index is 0.132. The van der Waals surface area contributed by atoms with E-state index >= 15 is 0 Å². The third-order valence-electron chi connectivity index (χ3n) is 10.2. The number of alkyl halides is 6. The van der Waals surface area contributed by atoms with Gasteiger partial charge in [-0.2, -0.15) is 0 Å². The fourth-order valence-electron chi connectivity index (χ4n) is 8.06. The van der Waals surface area contributed by atoms with E-state index in [4.69, 9.17) is 0 Å². The molecule has 50 heavy (non-hydrogen) atoms. The number of hydrogen-bond acceptors (Lipinski definition) is 0. The topological polar surface area (TPSA) is 0 Å². The zero-order chi connectivity index (χ0) is 36.6. The summed E-state index contributed by atoms with van der Waals surface area (Å²) in [6.07, 6.45) is -4.61. The van der Waals surface area contributed by atoms with E-state index in [-0.39, 0.29) is 29.3 Å². The van der Waals surface area contributed by atoms with Crippen LogP contribution in [0.3, 0.4) is 0 Å². The van der Waals surface area contributed by atoms with Gasteiger partial charge in [0.15, 0.2) is 0 Å². The quantitative estimate of drug-likeness (QED) is 0.138. The molecule has 0 saturated carbocycles.